The third-order valence-corrected chi connectivity index (χ3v) is 4.13. The topological polar surface area (TPSA) is 59.8 Å². The van der Waals surface area contributed by atoms with Gasteiger partial charge in [-0.2, -0.15) is 5.10 Å². The minimum Gasteiger partial charge on any atom is -0.348 e. The first-order chi connectivity index (χ1) is 12.6. The Kier molecular flexibility index (Phi) is 5.91. The number of nitrogens with one attached hydrogen (secondary N) is 1. The molecule has 132 valence electrons. The third-order valence-electron chi connectivity index (χ3n) is 3.64. The van der Waals surface area contributed by atoms with Gasteiger partial charge in [-0.15, -0.1) is 0 Å². The molecule has 0 radical (unpaired) electrons. The molecule has 5 nitrogen and oxygen atoms in total. The molecular formula is C19H16BrFN4O. The van der Waals surface area contributed by atoms with Crippen molar-refractivity contribution < 1.29 is 9.18 Å². The van der Waals surface area contributed by atoms with Crippen LogP contribution in [-0.2, 0) is 17.9 Å². The van der Waals surface area contributed by atoms with E-state index < -0.39 is 0 Å². The van der Waals surface area contributed by atoms with E-state index >= 15 is 0 Å². The monoisotopic (exact) mass is 414 g/mol. The Balaban J connectivity index is 1.57. The molecule has 0 spiro atoms. The van der Waals surface area contributed by atoms with Crippen LogP contribution >= 0.6 is 15.9 Å². The number of hydrogen-bond donors (Lipinski definition) is 1. The quantitative estimate of drug-likeness (QED) is 0.627. The summed E-state index contributed by atoms with van der Waals surface area (Å²) >= 11 is 3.28. The molecule has 1 aromatic heterocycles. The molecule has 0 aliphatic rings. The molecule has 0 fully saturated rings. The predicted octanol–water partition coefficient (Wildman–Crippen LogP) is 3.56. The maximum absolute atomic E-state index is 13.7. The van der Waals surface area contributed by atoms with Gasteiger partial charge in [-0.3, -0.25) is 4.79 Å². The zero-order valence-electron chi connectivity index (χ0n) is 13.8. The van der Waals surface area contributed by atoms with E-state index in [1.807, 2.05) is 24.3 Å². The van der Waals surface area contributed by atoms with Gasteiger partial charge in [0, 0.05) is 22.7 Å². The third kappa shape index (κ3) is 5.10. The van der Waals surface area contributed by atoms with Gasteiger partial charge in [-0.05, 0) is 35.4 Å². The van der Waals surface area contributed by atoms with Crippen molar-refractivity contribution in [3.05, 3.63) is 88.2 Å². The van der Waals surface area contributed by atoms with E-state index in [1.165, 1.54) is 24.5 Å². The number of carbonyl (C=O) groups is 1. The Morgan fingerprint density at radius 3 is 2.88 bits per heavy atom. The molecule has 0 bridgehead atoms. The summed E-state index contributed by atoms with van der Waals surface area (Å²) in [6.45, 7) is 0.999. The van der Waals surface area contributed by atoms with Crippen LogP contribution in [-0.4, -0.2) is 20.7 Å². The zero-order chi connectivity index (χ0) is 18.4. The van der Waals surface area contributed by atoms with Gasteiger partial charge in [0.1, 0.15) is 18.5 Å². The lowest BCUT2D eigenvalue weighted by Gasteiger charge is -2.06. The lowest BCUT2D eigenvalue weighted by Crippen LogP contribution is -2.20. The largest absolute Gasteiger partial charge is 0.348 e. The molecule has 3 aromatic rings. The fraction of sp³-hybridized carbons (Fsp3) is 0.105. The summed E-state index contributed by atoms with van der Waals surface area (Å²) in [6.07, 6.45) is 5.92. The van der Waals surface area contributed by atoms with Crippen molar-refractivity contribution in [2.24, 2.45) is 0 Å². The molecule has 3 rings (SSSR count). The van der Waals surface area contributed by atoms with Crippen molar-refractivity contribution in [3.63, 3.8) is 0 Å². The Morgan fingerprint density at radius 2 is 2.08 bits per heavy atom. The second-order valence-electron chi connectivity index (χ2n) is 5.63. The first kappa shape index (κ1) is 18.0. The van der Waals surface area contributed by atoms with E-state index in [-0.39, 0.29) is 11.7 Å². The van der Waals surface area contributed by atoms with Gasteiger partial charge in [0.2, 0.25) is 5.91 Å². The highest BCUT2D eigenvalue weighted by Gasteiger charge is 2.02. The lowest BCUT2D eigenvalue weighted by atomic mass is 10.1. The molecule has 1 heterocycles. The van der Waals surface area contributed by atoms with Crippen LogP contribution < -0.4 is 5.32 Å². The van der Waals surface area contributed by atoms with E-state index in [4.69, 9.17) is 0 Å². The van der Waals surface area contributed by atoms with Crippen LogP contribution in [0.3, 0.4) is 0 Å². The number of hydrogen-bond acceptors (Lipinski definition) is 3. The standard InChI is InChI=1S/C19H16BrFN4O/c20-17-5-6-18(21)16(9-17)4-7-19(26)23-10-14-2-1-3-15(8-14)11-25-13-22-12-24-25/h1-9,12-13H,10-11H2,(H,23,26). The summed E-state index contributed by atoms with van der Waals surface area (Å²) in [4.78, 5) is 15.9. The van der Waals surface area contributed by atoms with Crippen molar-refractivity contribution >= 4 is 27.9 Å². The smallest absolute Gasteiger partial charge is 0.244 e. The maximum atomic E-state index is 13.7. The van der Waals surface area contributed by atoms with Crippen molar-refractivity contribution in [2.75, 3.05) is 0 Å². The first-order valence-electron chi connectivity index (χ1n) is 7.91. The number of benzene rings is 2. The van der Waals surface area contributed by atoms with Gasteiger partial charge in [0.25, 0.3) is 0 Å². The predicted molar refractivity (Wildman–Crippen MR) is 101 cm³/mol. The average molecular weight is 415 g/mol. The van der Waals surface area contributed by atoms with E-state index in [0.29, 0.717) is 18.7 Å². The molecular weight excluding hydrogens is 399 g/mol. The molecule has 0 aliphatic heterocycles. The highest BCUT2D eigenvalue weighted by molar-refractivity contribution is 9.10. The number of aromatic nitrogens is 3. The summed E-state index contributed by atoms with van der Waals surface area (Å²) in [5.41, 5.74) is 2.39. The van der Waals surface area contributed by atoms with Crippen LogP contribution in [0.5, 0.6) is 0 Å². The molecule has 1 amide bonds. The first-order valence-corrected chi connectivity index (χ1v) is 8.70. The summed E-state index contributed by atoms with van der Waals surface area (Å²) in [5, 5.41) is 6.87. The Hall–Kier alpha value is -2.80. The van der Waals surface area contributed by atoms with E-state index in [2.05, 4.69) is 31.3 Å². The molecule has 26 heavy (non-hydrogen) atoms. The molecule has 0 unspecified atom stereocenters. The summed E-state index contributed by atoms with van der Waals surface area (Å²) in [5.74, 6) is -0.663. The van der Waals surface area contributed by atoms with Gasteiger partial charge in [0.05, 0.1) is 6.54 Å². The second-order valence-corrected chi connectivity index (χ2v) is 6.55. The van der Waals surface area contributed by atoms with Gasteiger partial charge in [0.15, 0.2) is 0 Å². The normalized spacial score (nSPS) is 11.0. The van der Waals surface area contributed by atoms with Crippen LogP contribution in [0, 0.1) is 5.82 Å². The SMILES string of the molecule is O=C(C=Cc1cc(Br)ccc1F)NCc1cccc(Cn2cncn2)c1. The molecule has 7 heteroatoms. The van der Waals surface area contributed by atoms with E-state index in [0.717, 1.165) is 15.6 Å². The summed E-state index contributed by atoms with van der Waals surface area (Å²) < 4.78 is 16.1. The second kappa shape index (κ2) is 8.53. The zero-order valence-corrected chi connectivity index (χ0v) is 15.4. The molecule has 0 aliphatic carbocycles. The van der Waals surface area contributed by atoms with E-state index in [9.17, 15) is 9.18 Å². The summed E-state index contributed by atoms with van der Waals surface area (Å²) in [7, 11) is 0. The minimum atomic E-state index is -0.377. The number of halogens is 2. The van der Waals surface area contributed by atoms with Gasteiger partial charge in [-0.25, -0.2) is 14.1 Å². The number of nitrogens with zero attached hydrogens (tertiary/aromatic N) is 3. The number of amides is 1. The average Bonchev–Trinajstić information content (AvgIpc) is 3.14. The Labute approximate surface area is 158 Å². The minimum absolute atomic E-state index is 0.286. The molecule has 0 saturated heterocycles. The maximum Gasteiger partial charge on any atom is 0.244 e. The number of rotatable bonds is 6. The van der Waals surface area contributed by atoms with Crippen LogP contribution in [0.2, 0.25) is 0 Å². The van der Waals surface area contributed by atoms with Crippen molar-refractivity contribution in [2.45, 2.75) is 13.1 Å². The van der Waals surface area contributed by atoms with Crippen molar-refractivity contribution in [1.82, 2.24) is 20.1 Å². The Morgan fingerprint density at radius 1 is 1.23 bits per heavy atom. The van der Waals surface area contributed by atoms with Crippen LogP contribution in [0.25, 0.3) is 6.08 Å². The van der Waals surface area contributed by atoms with Crippen molar-refractivity contribution in [3.8, 4) is 0 Å². The summed E-state index contributed by atoms with van der Waals surface area (Å²) in [6, 6.07) is 12.4. The van der Waals surface area contributed by atoms with E-state index in [1.54, 1.807) is 23.1 Å². The Bertz CT molecular complexity index is 925. The highest BCUT2D eigenvalue weighted by Crippen LogP contribution is 2.16. The molecule has 1 N–H and O–H groups in total. The fourth-order valence-corrected chi connectivity index (χ4v) is 2.77. The van der Waals surface area contributed by atoms with Gasteiger partial charge < -0.3 is 5.32 Å². The van der Waals surface area contributed by atoms with Crippen molar-refractivity contribution in [1.29, 1.82) is 0 Å². The van der Waals surface area contributed by atoms with Crippen LogP contribution in [0.4, 0.5) is 4.39 Å². The molecule has 0 saturated carbocycles. The van der Waals surface area contributed by atoms with Gasteiger partial charge in [-0.1, -0.05) is 40.2 Å². The highest BCUT2D eigenvalue weighted by atomic mass is 79.9. The lowest BCUT2D eigenvalue weighted by molar-refractivity contribution is -0.116. The van der Waals surface area contributed by atoms with Crippen LogP contribution in [0.1, 0.15) is 16.7 Å². The van der Waals surface area contributed by atoms with Gasteiger partial charge >= 0.3 is 0 Å². The fourth-order valence-electron chi connectivity index (χ4n) is 2.40. The van der Waals surface area contributed by atoms with Crippen LogP contribution in [0.15, 0.2) is 65.7 Å². The molecule has 0 atom stereocenters. The molecule has 2 aromatic carbocycles. The number of carbonyl (C=O) groups excluding carboxylic acids is 1.